The van der Waals surface area contributed by atoms with Crippen LogP contribution in [0.2, 0.25) is 0 Å². The molecular weight excluding hydrogens is 424 g/mol. The molecule has 4 rings (SSSR count). The summed E-state index contributed by atoms with van der Waals surface area (Å²) in [6, 6.07) is 7.95. The molecule has 184 valence electrons. The Morgan fingerprint density at radius 2 is 1.38 bits per heavy atom. The van der Waals surface area contributed by atoms with Gasteiger partial charge in [0.2, 0.25) is 0 Å². The van der Waals surface area contributed by atoms with Crippen LogP contribution in [-0.2, 0) is 14.3 Å². The molecule has 0 saturated heterocycles. The third-order valence-corrected chi connectivity index (χ3v) is 7.32. The highest BCUT2D eigenvalue weighted by Gasteiger charge is 2.48. The van der Waals surface area contributed by atoms with Crippen LogP contribution in [0.3, 0.4) is 0 Å². The van der Waals surface area contributed by atoms with Crippen molar-refractivity contribution in [3.63, 3.8) is 0 Å². The second-order valence-corrected chi connectivity index (χ2v) is 11.9. The smallest absolute Gasteiger partial charge is 0.163 e. The highest BCUT2D eigenvalue weighted by atomic mass is 16.5. The molecule has 2 aliphatic carbocycles. The van der Waals surface area contributed by atoms with Crippen LogP contribution in [0.4, 0.5) is 0 Å². The van der Waals surface area contributed by atoms with E-state index in [4.69, 9.17) is 9.47 Å². The number of Topliss-reactive ketones (excluding diaryl/α,β-unsaturated/α-hetero) is 2. The topological polar surface area (TPSA) is 52.6 Å². The van der Waals surface area contributed by atoms with Crippen LogP contribution < -0.4 is 4.74 Å². The Morgan fingerprint density at radius 1 is 0.824 bits per heavy atom. The predicted octanol–water partition coefficient (Wildman–Crippen LogP) is 7.44. The number of allylic oxidation sites excluding steroid dienone is 4. The van der Waals surface area contributed by atoms with Gasteiger partial charge in [-0.3, -0.25) is 9.59 Å². The molecule has 0 bridgehead atoms. The van der Waals surface area contributed by atoms with E-state index in [-0.39, 0.29) is 22.4 Å². The first-order chi connectivity index (χ1) is 16.1. The highest BCUT2D eigenvalue weighted by Crippen LogP contribution is 2.54. The third-order valence-electron chi connectivity index (χ3n) is 7.32. The molecule has 0 spiro atoms. The van der Waals surface area contributed by atoms with Crippen LogP contribution >= 0.6 is 0 Å². The first kappa shape index (κ1) is 24.8. The van der Waals surface area contributed by atoms with Gasteiger partial charge in [0.25, 0.3) is 0 Å². The van der Waals surface area contributed by atoms with Crippen LogP contribution in [0.5, 0.6) is 5.75 Å². The third kappa shape index (κ3) is 5.16. The summed E-state index contributed by atoms with van der Waals surface area (Å²) in [7, 11) is 0. The number of hydrogen-bond donors (Lipinski definition) is 0. The number of benzene rings is 1. The zero-order chi connectivity index (χ0) is 24.5. The van der Waals surface area contributed by atoms with Gasteiger partial charge in [-0.2, -0.15) is 0 Å². The molecule has 3 aliphatic rings. The van der Waals surface area contributed by atoms with Gasteiger partial charge in [0, 0.05) is 42.4 Å². The van der Waals surface area contributed by atoms with Crippen molar-refractivity contribution in [1.82, 2.24) is 0 Å². The van der Waals surface area contributed by atoms with Crippen molar-refractivity contribution in [2.24, 2.45) is 10.8 Å². The number of para-hydroxylation sites is 1. The summed E-state index contributed by atoms with van der Waals surface area (Å²) in [6.45, 7) is 11.3. The number of rotatable bonds is 8. The van der Waals surface area contributed by atoms with E-state index >= 15 is 0 Å². The fourth-order valence-electron chi connectivity index (χ4n) is 5.72. The van der Waals surface area contributed by atoms with E-state index < -0.39 is 5.92 Å². The molecule has 1 aromatic carbocycles. The zero-order valence-corrected chi connectivity index (χ0v) is 21.6. The van der Waals surface area contributed by atoms with Crippen LogP contribution in [0.25, 0.3) is 0 Å². The van der Waals surface area contributed by atoms with Crippen molar-refractivity contribution >= 4 is 11.6 Å². The molecule has 0 unspecified atom stereocenters. The molecule has 0 fully saturated rings. The minimum atomic E-state index is -0.401. The lowest BCUT2D eigenvalue weighted by Crippen LogP contribution is -2.37. The summed E-state index contributed by atoms with van der Waals surface area (Å²) in [5.41, 5.74) is 1.96. The summed E-state index contributed by atoms with van der Waals surface area (Å²) >= 11 is 0. The number of ketones is 2. The van der Waals surface area contributed by atoms with E-state index in [0.717, 1.165) is 35.7 Å². The molecule has 0 radical (unpaired) electrons. The molecule has 0 N–H and O–H groups in total. The van der Waals surface area contributed by atoms with E-state index in [1.807, 2.05) is 24.3 Å². The quantitative estimate of drug-likeness (QED) is 0.375. The molecule has 4 heteroatoms. The maximum absolute atomic E-state index is 13.5. The Bertz CT molecular complexity index is 972. The fraction of sp³-hybridized carbons (Fsp3) is 0.600. The molecule has 0 atom stereocenters. The van der Waals surface area contributed by atoms with E-state index in [9.17, 15) is 9.59 Å². The van der Waals surface area contributed by atoms with Crippen LogP contribution in [-0.4, -0.2) is 18.2 Å². The van der Waals surface area contributed by atoms with E-state index in [2.05, 4.69) is 34.6 Å². The number of unbranched alkanes of at least 4 members (excludes halogenated alkanes) is 4. The van der Waals surface area contributed by atoms with Gasteiger partial charge in [-0.15, -0.1) is 0 Å². The maximum atomic E-state index is 13.5. The molecule has 0 aromatic heterocycles. The normalized spacial score (nSPS) is 21.8. The first-order valence-corrected chi connectivity index (χ1v) is 13.0. The summed E-state index contributed by atoms with van der Waals surface area (Å²) in [5, 5.41) is 0. The van der Waals surface area contributed by atoms with E-state index in [1.165, 1.54) is 19.3 Å². The number of ether oxygens (including phenoxy) is 2. The van der Waals surface area contributed by atoms with Crippen molar-refractivity contribution < 1.29 is 19.1 Å². The first-order valence-electron chi connectivity index (χ1n) is 13.0. The van der Waals surface area contributed by atoms with Crippen molar-refractivity contribution in [3.8, 4) is 5.75 Å². The average Bonchev–Trinajstić information content (AvgIpc) is 2.73. The van der Waals surface area contributed by atoms with Crippen molar-refractivity contribution in [2.45, 2.75) is 98.3 Å². The second-order valence-electron chi connectivity index (χ2n) is 11.9. The van der Waals surface area contributed by atoms with Gasteiger partial charge in [-0.25, -0.2) is 0 Å². The van der Waals surface area contributed by atoms with Crippen molar-refractivity contribution in [1.29, 1.82) is 0 Å². The van der Waals surface area contributed by atoms with Gasteiger partial charge in [0.15, 0.2) is 11.6 Å². The van der Waals surface area contributed by atoms with Crippen LogP contribution in [0.1, 0.15) is 104 Å². The maximum Gasteiger partial charge on any atom is 0.163 e. The largest absolute Gasteiger partial charge is 0.493 e. The van der Waals surface area contributed by atoms with E-state index in [1.54, 1.807) is 0 Å². The number of carbonyl (C=O) groups is 2. The minimum Gasteiger partial charge on any atom is -0.493 e. The lowest BCUT2D eigenvalue weighted by Gasteiger charge is -2.43. The highest BCUT2D eigenvalue weighted by molar-refractivity contribution is 6.06. The Morgan fingerprint density at radius 3 is 1.97 bits per heavy atom. The van der Waals surface area contributed by atoms with Gasteiger partial charge >= 0.3 is 0 Å². The Kier molecular flexibility index (Phi) is 7.07. The molecule has 34 heavy (non-hydrogen) atoms. The van der Waals surface area contributed by atoms with Gasteiger partial charge in [0.1, 0.15) is 17.3 Å². The van der Waals surface area contributed by atoms with E-state index in [0.29, 0.717) is 43.4 Å². The Hall–Kier alpha value is -2.36. The SMILES string of the molecule is CCCCCCCOc1ccccc1C1C2=C(CC(C)(C)CC2=O)OC2=C1C(=O)CC(C)(C)C2. The summed E-state index contributed by atoms with van der Waals surface area (Å²) in [6.07, 6.45) is 8.20. The summed E-state index contributed by atoms with van der Waals surface area (Å²) < 4.78 is 12.7. The molecule has 0 amide bonds. The molecular formula is C30H40O4. The van der Waals surface area contributed by atoms with Gasteiger partial charge < -0.3 is 9.47 Å². The molecule has 0 saturated carbocycles. The molecule has 1 aliphatic heterocycles. The lowest BCUT2D eigenvalue weighted by atomic mass is 9.65. The van der Waals surface area contributed by atoms with Gasteiger partial charge in [0.05, 0.1) is 12.5 Å². The zero-order valence-electron chi connectivity index (χ0n) is 21.6. The van der Waals surface area contributed by atoms with Crippen LogP contribution in [0.15, 0.2) is 46.9 Å². The standard InChI is InChI=1S/C30H40O4/c1-6-7-8-9-12-15-33-23-14-11-10-13-20(23)26-27-21(31)16-29(2,3)18-24(27)34-25-19-30(4,5)17-22(32)28(25)26/h10-11,13-14,26H,6-9,12,15-19H2,1-5H3. The number of carbonyl (C=O) groups excluding carboxylic acids is 2. The van der Waals surface area contributed by atoms with Crippen molar-refractivity contribution in [3.05, 3.63) is 52.5 Å². The molecule has 4 nitrogen and oxygen atoms in total. The van der Waals surface area contributed by atoms with Gasteiger partial charge in [-0.1, -0.05) is 78.5 Å². The lowest BCUT2D eigenvalue weighted by molar-refractivity contribution is -0.120. The fourth-order valence-corrected chi connectivity index (χ4v) is 5.72. The minimum absolute atomic E-state index is 0.0924. The van der Waals surface area contributed by atoms with Gasteiger partial charge in [-0.05, 0) is 23.3 Å². The summed E-state index contributed by atoms with van der Waals surface area (Å²) in [5.74, 6) is 2.07. The molecule has 1 heterocycles. The number of hydrogen-bond acceptors (Lipinski definition) is 4. The second kappa shape index (κ2) is 9.71. The average molecular weight is 465 g/mol. The van der Waals surface area contributed by atoms with Crippen molar-refractivity contribution in [2.75, 3.05) is 6.61 Å². The summed E-state index contributed by atoms with van der Waals surface area (Å²) in [4.78, 5) is 27.0. The predicted molar refractivity (Wildman–Crippen MR) is 135 cm³/mol. The Balaban J connectivity index is 1.73. The molecule has 1 aromatic rings. The Labute approximate surface area is 204 Å². The monoisotopic (exact) mass is 464 g/mol. The van der Waals surface area contributed by atoms with Crippen LogP contribution in [0, 0.1) is 10.8 Å².